The van der Waals surface area contributed by atoms with E-state index < -0.39 is 22.4 Å². The van der Waals surface area contributed by atoms with Gasteiger partial charge in [0.2, 0.25) is 0 Å². The molecule has 0 radical (unpaired) electrons. The fraction of sp³-hybridized carbons (Fsp3) is 0.667. The number of rotatable bonds is 3. The Kier molecular flexibility index (Phi) is 7.27. The largest absolute Gasteiger partial charge is 2.00 e. The van der Waals surface area contributed by atoms with Crippen LogP contribution in [0.1, 0.15) is 0 Å². The first kappa shape index (κ1) is 14.2. The summed E-state index contributed by atoms with van der Waals surface area (Å²) >= 11 is 2.66. The van der Waals surface area contributed by atoms with E-state index in [0.29, 0.717) is 0 Å². The maximum absolute atomic E-state index is 10.4. The predicted octanol–water partition coefficient (Wildman–Crippen LogP) is -2.47. The van der Waals surface area contributed by atoms with Gasteiger partial charge in [0.1, 0.15) is 0 Å². The molecule has 0 aromatic rings. The van der Waals surface area contributed by atoms with Gasteiger partial charge in [-0.15, -0.1) is 23.5 Å². The van der Waals surface area contributed by atoms with Gasteiger partial charge in [-0.2, -0.15) is 0 Å². The average molecular weight is 344 g/mol. The summed E-state index contributed by atoms with van der Waals surface area (Å²) in [5.41, 5.74) is 0. The fourth-order valence-electron chi connectivity index (χ4n) is 0.888. The molecule has 1 heterocycles. The minimum Gasteiger partial charge on any atom is -0.549 e. The van der Waals surface area contributed by atoms with Crippen molar-refractivity contribution >= 4 is 84.3 Å². The van der Waals surface area contributed by atoms with E-state index in [1.54, 1.807) is 0 Å². The van der Waals surface area contributed by atoms with Gasteiger partial charge >= 0.3 is 48.9 Å². The Balaban J connectivity index is 0.00000144. The molecule has 0 amide bonds. The van der Waals surface area contributed by atoms with Crippen molar-refractivity contribution in [2.24, 2.45) is 5.92 Å². The number of hydrogen-bond donors (Lipinski definition) is 0. The Labute approximate surface area is 124 Å². The molecule has 0 spiro atoms. The van der Waals surface area contributed by atoms with Crippen molar-refractivity contribution < 1.29 is 19.8 Å². The van der Waals surface area contributed by atoms with Crippen molar-refractivity contribution in [3.63, 3.8) is 0 Å². The van der Waals surface area contributed by atoms with E-state index in [9.17, 15) is 19.8 Å². The van der Waals surface area contributed by atoms with Crippen LogP contribution in [0.15, 0.2) is 0 Å². The zero-order chi connectivity index (χ0) is 9.14. The zero-order valence-corrected chi connectivity index (χ0v) is 12.8. The van der Waals surface area contributed by atoms with Crippen LogP contribution in [0.2, 0.25) is 0 Å². The van der Waals surface area contributed by atoms with Gasteiger partial charge in [-0.1, -0.05) is 0 Å². The number of aliphatic carboxylic acids is 2. The van der Waals surface area contributed by atoms with E-state index in [-0.39, 0.29) is 48.9 Å². The molecule has 7 heteroatoms. The van der Waals surface area contributed by atoms with Crippen LogP contribution in [0.3, 0.4) is 0 Å². The minimum atomic E-state index is -1.55. The molecule has 68 valence electrons. The first-order chi connectivity index (χ1) is 5.63. The Morgan fingerprint density at radius 1 is 1.15 bits per heavy atom. The van der Waals surface area contributed by atoms with E-state index in [4.69, 9.17) is 0 Å². The quantitative estimate of drug-likeness (QED) is 0.417. The molecule has 0 aromatic carbocycles. The number of carbonyl (C=O) groups excluding carboxylic acids is 2. The fourth-order valence-corrected chi connectivity index (χ4v) is 3.91. The molecule has 0 atom stereocenters. The topological polar surface area (TPSA) is 80.3 Å². The van der Waals surface area contributed by atoms with Crippen molar-refractivity contribution in [2.45, 2.75) is 4.58 Å². The first-order valence-electron chi connectivity index (χ1n) is 3.28. The second-order valence-corrected chi connectivity index (χ2v) is 5.02. The van der Waals surface area contributed by atoms with Gasteiger partial charge in [-0.3, -0.25) is 0 Å². The predicted molar refractivity (Wildman–Crippen MR) is 48.0 cm³/mol. The van der Waals surface area contributed by atoms with E-state index in [1.807, 2.05) is 0 Å². The van der Waals surface area contributed by atoms with Crippen LogP contribution < -0.4 is 10.2 Å². The summed E-state index contributed by atoms with van der Waals surface area (Å²) in [6, 6.07) is 0. The van der Waals surface area contributed by atoms with Gasteiger partial charge in [0, 0.05) is 11.5 Å². The molecule has 1 fully saturated rings. The molecule has 0 unspecified atom stereocenters. The molecular weight excluding hydrogens is 338 g/mol. The SMILES string of the molecule is O=C([O-])C(C(=O)[O-])C1SCCS1.[Ba+2]. The smallest absolute Gasteiger partial charge is 0.549 e. The molecule has 1 aliphatic heterocycles. The number of thioether (sulfide) groups is 2. The zero-order valence-electron chi connectivity index (χ0n) is 6.73. The molecule has 1 rings (SSSR count). The van der Waals surface area contributed by atoms with E-state index in [0.717, 1.165) is 11.5 Å². The summed E-state index contributed by atoms with van der Waals surface area (Å²) in [5.74, 6) is -3.02. The first-order valence-corrected chi connectivity index (χ1v) is 5.37. The van der Waals surface area contributed by atoms with Crippen LogP contribution in [-0.2, 0) is 9.59 Å². The van der Waals surface area contributed by atoms with Gasteiger partial charge in [-0.05, 0) is 0 Å². The normalized spacial score (nSPS) is 17.0. The second kappa shape index (κ2) is 6.65. The van der Waals surface area contributed by atoms with Crippen LogP contribution in [0.25, 0.3) is 0 Å². The van der Waals surface area contributed by atoms with Gasteiger partial charge in [0.25, 0.3) is 0 Å². The molecule has 0 saturated carbocycles. The van der Waals surface area contributed by atoms with Gasteiger partial charge in [0.05, 0.1) is 22.4 Å². The molecule has 13 heavy (non-hydrogen) atoms. The van der Waals surface area contributed by atoms with Crippen LogP contribution in [0.5, 0.6) is 0 Å². The van der Waals surface area contributed by atoms with Gasteiger partial charge in [-0.25, -0.2) is 0 Å². The third-order valence-electron chi connectivity index (χ3n) is 1.43. The average Bonchev–Trinajstić information content (AvgIpc) is 2.37. The summed E-state index contributed by atoms with van der Waals surface area (Å²) in [6.07, 6.45) is 0. The van der Waals surface area contributed by atoms with Gasteiger partial charge < -0.3 is 19.8 Å². The molecule has 1 aliphatic rings. The van der Waals surface area contributed by atoms with Crippen molar-refractivity contribution in [3.8, 4) is 0 Å². The molecule has 0 N–H and O–H groups in total. The third kappa shape index (κ3) is 4.07. The molecule has 0 aromatic heterocycles. The number of hydrogen-bond acceptors (Lipinski definition) is 6. The Bertz CT molecular complexity index is 191. The van der Waals surface area contributed by atoms with E-state index >= 15 is 0 Å². The molecule has 0 bridgehead atoms. The van der Waals surface area contributed by atoms with Crippen LogP contribution in [-0.4, -0.2) is 76.9 Å². The monoisotopic (exact) mass is 344 g/mol. The Hall–Kier alpha value is 1.21. The molecule has 0 aliphatic carbocycles. The van der Waals surface area contributed by atoms with Gasteiger partial charge in [0.15, 0.2) is 0 Å². The third-order valence-corrected chi connectivity index (χ3v) is 4.58. The summed E-state index contributed by atoms with van der Waals surface area (Å²) in [5, 5.41) is 20.7. The summed E-state index contributed by atoms with van der Waals surface area (Å²) < 4.78 is -0.444. The van der Waals surface area contributed by atoms with Crippen LogP contribution in [0.4, 0.5) is 0 Å². The maximum atomic E-state index is 10.4. The number of carboxylic acid groups (broad SMARTS) is 2. The van der Waals surface area contributed by atoms with Crippen molar-refractivity contribution in [1.82, 2.24) is 0 Å². The van der Waals surface area contributed by atoms with E-state index in [1.165, 1.54) is 23.5 Å². The Morgan fingerprint density at radius 3 is 1.85 bits per heavy atom. The summed E-state index contributed by atoms with van der Waals surface area (Å²) in [4.78, 5) is 20.7. The van der Waals surface area contributed by atoms with Crippen molar-refractivity contribution in [1.29, 1.82) is 0 Å². The van der Waals surface area contributed by atoms with Crippen LogP contribution >= 0.6 is 23.5 Å². The molecule has 4 nitrogen and oxygen atoms in total. The molecule has 1 saturated heterocycles. The molecular formula is C6H6BaO4S2. The second-order valence-electron chi connectivity index (χ2n) is 2.23. The van der Waals surface area contributed by atoms with Crippen LogP contribution in [0, 0.1) is 5.92 Å². The van der Waals surface area contributed by atoms with E-state index in [2.05, 4.69) is 0 Å². The van der Waals surface area contributed by atoms with Crippen molar-refractivity contribution in [2.75, 3.05) is 11.5 Å². The number of carbonyl (C=O) groups is 2. The summed E-state index contributed by atoms with van der Waals surface area (Å²) in [7, 11) is 0. The number of carboxylic acids is 2. The van der Waals surface area contributed by atoms with Crippen molar-refractivity contribution in [3.05, 3.63) is 0 Å². The standard InChI is InChI=1S/C6H8O4S2.Ba/c7-4(8)3(5(9)10)6-11-1-2-12-6;/h3,6H,1-2H2,(H,7,8)(H,9,10);/q;+2/p-2. The Morgan fingerprint density at radius 2 is 1.54 bits per heavy atom. The minimum absolute atomic E-state index is 0. The maximum Gasteiger partial charge on any atom is 2.00 e. The summed E-state index contributed by atoms with van der Waals surface area (Å²) in [6.45, 7) is 0.